The Hall–Kier alpha value is -0.420. The fourth-order valence-electron chi connectivity index (χ4n) is 2.14. The van der Waals surface area contributed by atoms with Crippen LogP contribution in [0.5, 0.6) is 0 Å². The van der Waals surface area contributed by atoms with Crippen LogP contribution in [0.4, 0.5) is 0 Å². The lowest BCUT2D eigenvalue weighted by atomic mass is 10.1. The van der Waals surface area contributed by atoms with Crippen LogP contribution in [0.1, 0.15) is 47.6 Å². The molecule has 5 heteroatoms. The van der Waals surface area contributed by atoms with Crippen LogP contribution in [0.15, 0.2) is 5.38 Å². The smallest absolute Gasteiger partial charge is 0.271 e. The van der Waals surface area contributed by atoms with Crippen LogP contribution >= 0.6 is 27.3 Å². The number of aryl methyl sites for hydroxylation is 1. The van der Waals surface area contributed by atoms with E-state index < -0.39 is 0 Å². The number of hydrogen-bond donors (Lipinski definition) is 1. The van der Waals surface area contributed by atoms with Gasteiger partial charge in [0.2, 0.25) is 0 Å². The summed E-state index contributed by atoms with van der Waals surface area (Å²) >= 11 is 5.19. The lowest BCUT2D eigenvalue weighted by Gasteiger charge is -2.20. The first-order chi connectivity index (χ1) is 8.16. The molecule has 1 amide bonds. The standard InChI is InChI=1S/C12H17BrN2OS/c1-8-14-11(7-17-8)12(16)15-10-6-4-2-3-5-9(10)13/h7,9-10H,2-6H2,1H3,(H,15,16). The molecule has 1 aliphatic carbocycles. The summed E-state index contributed by atoms with van der Waals surface area (Å²) in [4.78, 5) is 16.6. The molecule has 2 unspecified atom stereocenters. The predicted octanol–water partition coefficient (Wildman–Crippen LogP) is 3.28. The molecule has 0 saturated heterocycles. The highest BCUT2D eigenvalue weighted by atomic mass is 79.9. The second-order valence-corrected chi connectivity index (χ2v) is 6.72. The van der Waals surface area contributed by atoms with E-state index in [1.807, 2.05) is 12.3 Å². The first-order valence-electron chi connectivity index (χ1n) is 6.04. The summed E-state index contributed by atoms with van der Waals surface area (Å²) in [5, 5.41) is 5.86. The normalized spacial score (nSPS) is 25.3. The molecular formula is C12H17BrN2OS. The van der Waals surface area contributed by atoms with Gasteiger partial charge in [-0.2, -0.15) is 0 Å². The maximum absolute atomic E-state index is 12.0. The average Bonchev–Trinajstić information content (AvgIpc) is 2.63. The largest absolute Gasteiger partial charge is 0.347 e. The van der Waals surface area contributed by atoms with Crippen molar-refractivity contribution < 1.29 is 4.79 Å². The highest BCUT2D eigenvalue weighted by molar-refractivity contribution is 9.09. The zero-order chi connectivity index (χ0) is 12.3. The van der Waals surface area contributed by atoms with Crippen LogP contribution in [0, 0.1) is 6.92 Å². The van der Waals surface area contributed by atoms with E-state index in [1.165, 1.54) is 30.6 Å². The number of alkyl halides is 1. The van der Waals surface area contributed by atoms with Crippen LogP contribution < -0.4 is 5.32 Å². The van der Waals surface area contributed by atoms with Crippen LogP contribution in [0.3, 0.4) is 0 Å². The van der Waals surface area contributed by atoms with Gasteiger partial charge in [-0.1, -0.05) is 35.2 Å². The summed E-state index contributed by atoms with van der Waals surface area (Å²) in [6.45, 7) is 1.92. The van der Waals surface area contributed by atoms with E-state index in [2.05, 4.69) is 26.2 Å². The number of carbonyl (C=O) groups excluding carboxylic acids is 1. The number of carbonyl (C=O) groups is 1. The molecule has 2 rings (SSSR count). The number of hydrogen-bond acceptors (Lipinski definition) is 3. The summed E-state index contributed by atoms with van der Waals surface area (Å²) in [5.41, 5.74) is 0.552. The van der Waals surface area contributed by atoms with Crippen molar-refractivity contribution >= 4 is 33.2 Å². The minimum absolute atomic E-state index is 0.0364. The maximum Gasteiger partial charge on any atom is 0.271 e. The second-order valence-electron chi connectivity index (χ2n) is 4.49. The fraction of sp³-hybridized carbons (Fsp3) is 0.667. The molecule has 1 fully saturated rings. The molecule has 94 valence electrons. The van der Waals surface area contributed by atoms with Crippen molar-refractivity contribution in [1.29, 1.82) is 0 Å². The summed E-state index contributed by atoms with van der Waals surface area (Å²) in [6, 6.07) is 0.243. The SMILES string of the molecule is Cc1nc(C(=O)NC2CCCCCC2Br)cs1. The van der Waals surface area contributed by atoms with Crippen LogP contribution in [0.2, 0.25) is 0 Å². The minimum atomic E-state index is -0.0364. The second kappa shape index (κ2) is 5.96. The van der Waals surface area contributed by atoms with Crippen molar-refractivity contribution in [3.8, 4) is 0 Å². The van der Waals surface area contributed by atoms with Crippen molar-refractivity contribution in [3.63, 3.8) is 0 Å². The van der Waals surface area contributed by atoms with Crippen molar-refractivity contribution in [2.45, 2.75) is 49.9 Å². The van der Waals surface area contributed by atoms with Gasteiger partial charge in [-0.25, -0.2) is 4.98 Å². The van der Waals surface area contributed by atoms with Gasteiger partial charge in [0, 0.05) is 16.2 Å². The molecular weight excluding hydrogens is 300 g/mol. The third-order valence-electron chi connectivity index (χ3n) is 3.10. The van der Waals surface area contributed by atoms with E-state index in [9.17, 15) is 4.79 Å². The van der Waals surface area contributed by atoms with Crippen molar-refractivity contribution in [2.75, 3.05) is 0 Å². The molecule has 2 atom stereocenters. The molecule has 1 aliphatic rings. The Morgan fingerprint density at radius 1 is 1.47 bits per heavy atom. The lowest BCUT2D eigenvalue weighted by molar-refractivity contribution is 0.0930. The molecule has 0 aliphatic heterocycles. The quantitative estimate of drug-likeness (QED) is 0.672. The summed E-state index contributed by atoms with van der Waals surface area (Å²) in [7, 11) is 0. The molecule has 1 saturated carbocycles. The Bertz CT molecular complexity index is 394. The van der Waals surface area contributed by atoms with Gasteiger partial charge >= 0.3 is 0 Å². The van der Waals surface area contributed by atoms with Gasteiger partial charge in [-0.3, -0.25) is 4.79 Å². The molecule has 1 aromatic rings. The first-order valence-corrected chi connectivity index (χ1v) is 7.83. The van der Waals surface area contributed by atoms with E-state index >= 15 is 0 Å². The molecule has 0 spiro atoms. The zero-order valence-corrected chi connectivity index (χ0v) is 12.3. The van der Waals surface area contributed by atoms with Crippen molar-refractivity contribution in [3.05, 3.63) is 16.1 Å². The van der Waals surface area contributed by atoms with E-state index in [1.54, 1.807) is 0 Å². The average molecular weight is 317 g/mol. The van der Waals surface area contributed by atoms with Crippen LogP contribution in [-0.2, 0) is 0 Å². The molecule has 0 aromatic carbocycles. The first kappa shape index (κ1) is 13.0. The van der Waals surface area contributed by atoms with Crippen LogP contribution in [-0.4, -0.2) is 21.8 Å². The van der Waals surface area contributed by atoms with Gasteiger partial charge in [0.05, 0.1) is 5.01 Å². The minimum Gasteiger partial charge on any atom is -0.347 e. The Morgan fingerprint density at radius 2 is 2.24 bits per heavy atom. The molecule has 0 radical (unpaired) electrons. The number of nitrogens with one attached hydrogen (secondary N) is 1. The molecule has 1 N–H and O–H groups in total. The molecule has 1 heterocycles. The van der Waals surface area contributed by atoms with Gasteiger partial charge in [0.25, 0.3) is 5.91 Å². The number of halogens is 1. The topological polar surface area (TPSA) is 42.0 Å². The number of aromatic nitrogens is 1. The monoisotopic (exact) mass is 316 g/mol. The van der Waals surface area contributed by atoms with Gasteiger partial charge in [-0.15, -0.1) is 11.3 Å². The number of thiazole rings is 1. The summed E-state index contributed by atoms with van der Waals surface area (Å²) < 4.78 is 0. The number of nitrogens with zero attached hydrogens (tertiary/aromatic N) is 1. The van der Waals surface area contributed by atoms with Gasteiger partial charge in [0.1, 0.15) is 5.69 Å². The molecule has 1 aromatic heterocycles. The zero-order valence-electron chi connectivity index (χ0n) is 9.91. The fourth-order valence-corrected chi connectivity index (χ4v) is 3.45. The van der Waals surface area contributed by atoms with E-state index in [0.29, 0.717) is 10.5 Å². The molecule has 3 nitrogen and oxygen atoms in total. The lowest BCUT2D eigenvalue weighted by Crippen LogP contribution is -2.40. The Labute approximate surface area is 114 Å². The van der Waals surface area contributed by atoms with E-state index in [0.717, 1.165) is 17.8 Å². The summed E-state index contributed by atoms with van der Waals surface area (Å²) in [6.07, 6.45) is 5.91. The van der Waals surface area contributed by atoms with Crippen LogP contribution in [0.25, 0.3) is 0 Å². The van der Waals surface area contributed by atoms with Gasteiger partial charge in [0.15, 0.2) is 0 Å². The third-order valence-corrected chi connectivity index (χ3v) is 4.97. The number of amides is 1. The van der Waals surface area contributed by atoms with Gasteiger partial charge in [-0.05, 0) is 19.8 Å². The van der Waals surface area contributed by atoms with E-state index in [4.69, 9.17) is 0 Å². The van der Waals surface area contributed by atoms with Gasteiger partial charge < -0.3 is 5.32 Å². The summed E-state index contributed by atoms with van der Waals surface area (Å²) in [5.74, 6) is -0.0364. The van der Waals surface area contributed by atoms with Crippen molar-refractivity contribution in [2.24, 2.45) is 0 Å². The highest BCUT2D eigenvalue weighted by Gasteiger charge is 2.23. The third kappa shape index (κ3) is 3.52. The Balaban J connectivity index is 1.97. The highest BCUT2D eigenvalue weighted by Crippen LogP contribution is 2.24. The predicted molar refractivity (Wildman–Crippen MR) is 73.9 cm³/mol. The molecule has 17 heavy (non-hydrogen) atoms. The molecule has 0 bridgehead atoms. The number of rotatable bonds is 2. The van der Waals surface area contributed by atoms with Crippen molar-refractivity contribution in [1.82, 2.24) is 10.3 Å². The Kier molecular flexibility index (Phi) is 4.56. The maximum atomic E-state index is 12.0. The van der Waals surface area contributed by atoms with E-state index in [-0.39, 0.29) is 11.9 Å². The Morgan fingerprint density at radius 3 is 2.94 bits per heavy atom.